The second kappa shape index (κ2) is 10.2. The van der Waals surface area contributed by atoms with Crippen molar-refractivity contribution in [2.45, 2.75) is 31.7 Å². The molecule has 0 aromatic rings. The summed E-state index contributed by atoms with van der Waals surface area (Å²) in [5.74, 6) is -0.362. The third-order valence-electron chi connectivity index (χ3n) is 2.72. The van der Waals surface area contributed by atoms with Gasteiger partial charge in [0.15, 0.2) is 0 Å². The zero-order valence-electron chi connectivity index (χ0n) is 11.6. The van der Waals surface area contributed by atoms with Gasteiger partial charge in [0.1, 0.15) is 0 Å². The van der Waals surface area contributed by atoms with Crippen molar-refractivity contribution < 1.29 is 22.8 Å². The minimum atomic E-state index is -2.41. The Morgan fingerprint density at radius 3 is 2.11 bits per heavy atom. The minimum absolute atomic E-state index is 0.362. The quantitative estimate of drug-likeness (QED) is 0.250. The van der Waals surface area contributed by atoms with Crippen LogP contribution < -0.4 is 0 Å². The van der Waals surface area contributed by atoms with Crippen molar-refractivity contribution in [1.82, 2.24) is 0 Å². The monoisotopic (exact) mass is 276 g/mol. The molecule has 0 saturated heterocycles. The molecule has 0 aromatic carbocycles. The van der Waals surface area contributed by atoms with Crippen LogP contribution in [0.15, 0.2) is 12.7 Å². The Labute approximate surface area is 110 Å². The topological polar surface area (TPSA) is 54.0 Å². The highest BCUT2D eigenvalue weighted by molar-refractivity contribution is 6.60. The highest BCUT2D eigenvalue weighted by Gasteiger charge is 2.36. The fraction of sp³-hybridized carbons (Fsp3) is 0.750. The molecular formula is C12H24O5Si. The van der Waals surface area contributed by atoms with Gasteiger partial charge < -0.3 is 18.0 Å². The molecule has 0 bridgehead atoms. The van der Waals surface area contributed by atoms with Crippen LogP contribution in [-0.2, 0) is 22.8 Å². The summed E-state index contributed by atoms with van der Waals surface area (Å²) in [6.07, 6.45) is 5.07. The van der Waals surface area contributed by atoms with E-state index in [0.29, 0.717) is 6.61 Å². The third kappa shape index (κ3) is 6.90. The summed E-state index contributed by atoms with van der Waals surface area (Å²) in [5, 5.41) is 0. The first kappa shape index (κ1) is 17.3. The highest BCUT2D eigenvalue weighted by Crippen LogP contribution is 2.17. The van der Waals surface area contributed by atoms with Gasteiger partial charge in [-0.15, -0.1) is 0 Å². The molecule has 6 heteroatoms. The Morgan fingerprint density at radius 2 is 1.61 bits per heavy atom. The van der Waals surface area contributed by atoms with Gasteiger partial charge in [0.2, 0.25) is 0 Å². The molecule has 0 aromatic heterocycles. The molecule has 18 heavy (non-hydrogen) atoms. The Hall–Kier alpha value is -0.693. The molecular weight excluding hydrogens is 252 g/mol. The van der Waals surface area contributed by atoms with Crippen molar-refractivity contribution in [2.75, 3.05) is 27.9 Å². The number of rotatable bonds is 11. The van der Waals surface area contributed by atoms with Crippen LogP contribution in [0.25, 0.3) is 0 Å². The van der Waals surface area contributed by atoms with Crippen molar-refractivity contribution in [2.24, 2.45) is 0 Å². The summed E-state index contributed by atoms with van der Waals surface area (Å²) in [7, 11) is 2.45. The molecule has 0 N–H and O–H groups in total. The maximum Gasteiger partial charge on any atom is 0.500 e. The Bertz CT molecular complexity index is 232. The van der Waals surface area contributed by atoms with Crippen LogP contribution in [0.3, 0.4) is 0 Å². The number of unbranched alkanes of at least 4 members (excludes halogenated alkanes) is 3. The predicted molar refractivity (Wildman–Crippen MR) is 71.2 cm³/mol. The van der Waals surface area contributed by atoms with Crippen molar-refractivity contribution in [3.63, 3.8) is 0 Å². The van der Waals surface area contributed by atoms with E-state index in [9.17, 15) is 4.79 Å². The molecule has 0 aliphatic rings. The fourth-order valence-corrected chi connectivity index (χ4v) is 3.38. The van der Waals surface area contributed by atoms with E-state index in [4.69, 9.17) is 18.0 Å². The molecule has 0 atom stereocenters. The lowest BCUT2D eigenvalue weighted by molar-refractivity contribution is -0.137. The molecule has 0 saturated carbocycles. The standard InChI is InChI=1S/C12H24O5Si/c1-5-12(13)17-10-8-6-7-9-11-18(14-2,15-3)16-4/h5H,1,6-11H2,2-4H3. The highest BCUT2D eigenvalue weighted by atomic mass is 28.4. The first-order valence-electron chi connectivity index (χ1n) is 6.08. The molecule has 0 aliphatic carbocycles. The Morgan fingerprint density at radius 1 is 1.06 bits per heavy atom. The summed E-state index contributed by atoms with van der Waals surface area (Å²) in [6.45, 7) is 3.78. The Kier molecular flexibility index (Phi) is 9.86. The number of carbonyl (C=O) groups is 1. The van der Waals surface area contributed by atoms with Gasteiger partial charge in [0.25, 0.3) is 0 Å². The lowest BCUT2D eigenvalue weighted by Gasteiger charge is -2.24. The van der Waals surface area contributed by atoms with E-state index >= 15 is 0 Å². The van der Waals surface area contributed by atoms with Crippen molar-refractivity contribution in [1.29, 1.82) is 0 Å². The van der Waals surface area contributed by atoms with Gasteiger partial charge in [-0.1, -0.05) is 19.4 Å². The van der Waals surface area contributed by atoms with Crippen LogP contribution in [-0.4, -0.2) is 42.7 Å². The zero-order chi connectivity index (χ0) is 13.9. The SMILES string of the molecule is C=CC(=O)OCCCCCC[Si](OC)(OC)OC. The van der Waals surface area contributed by atoms with E-state index in [2.05, 4.69) is 6.58 Å². The van der Waals surface area contributed by atoms with Crippen LogP contribution in [0.5, 0.6) is 0 Å². The lowest BCUT2D eigenvalue weighted by Crippen LogP contribution is -2.42. The van der Waals surface area contributed by atoms with E-state index in [1.54, 1.807) is 21.3 Å². The predicted octanol–water partition coefficient (Wildman–Crippen LogP) is 2.15. The van der Waals surface area contributed by atoms with E-state index in [-0.39, 0.29) is 5.97 Å². The summed E-state index contributed by atoms with van der Waals surface area (Å²) in [6, 6.07) is 0.808. The lowest BCUT2D eigenvalue weighted by atomic mass is 10.2. The van der Waals surface area contributed by atoms with Crippen LogP contribution in [0, 0.1) is 0 Å². The molecule has 0 aliphatic heterocycles. The summed E-state index contributed by atoms with van der Waals surface area (Å²) >= 11 is 0. The zero-order valence-corrected chi connectivity index (χ0v) is 12.6. The van der Waals surface area contributed by atoms with Gasteiger partial charge in [0, 0.05) is 33.4 Å². The summed E-state index contributed by atoms with van der Waals surface area (Å²) in [5.41, 5.74) is 0. The fourth-order valence-electron chi connectivity index (χ4n) is 1.58. The minimum Gasteiger partial charge on any atom is -0.463 e. The van der Waals surface area contributed by atoms with Gasteiger partial charge in [0.05, 0.1) is 6.61 Å². The van der Waals surface area contributed by atoms with Gasteiger partial charge in [-0.3, -0.25) is 0 Å². The van der Waals surface area contributed by atoms with E-state index in [0.717, 1.165) is 31.7 Å². The van der Waals surface area contributed by atoms with E-state index in [1.807, 2.05) is 0 Å². The largest absolute Gasteiger partial charge is 0.500 e. The van der Waals surface area contributed by atoms with Crippen LogP contribution in [0.2, 0.25) is 6.04 Å². The van der Waals surface area contributed by atoms with Gasteiger partial charge >= 0.3 is 14.8 Å². The van der Waals surface area contributed by atoms with Gasteiger partial charge in [-0.2, -0.15) is 0 Å². The van der Waals surface area contributed by atoms with Gasteiger partial charge in [-0.25, -0.2) is 4.79 Å². The number of hydrogen-bond donors (Lipinski definition) is 0. The first-order valence-corrected chi connectivity index (χ1v) is 8.02. The third-order valence-corrected chi connectivity index (χ3v) is 5.55. The molecule has 5 nitrogen and oxygen atoms in total. The normalized spacial score (nSPS) is 11.3. The summed E-state index contributed by atoms with van der Waals surface area (Å²) < 4.78 is 20.9. The smallest absolute Gasteiger partial charge is 0.463 e. The van der Waals surface area contributed by atoms with Crippen LogP contribution >= 0.6 is 0 Å². The van der Waals surface area contributed by atoms with E-state index < -0.39 is 8.80 Å². The molecule has 0 rings (SSSR count). The number of esters is 1. The molecule has 0 unspecified atom stereocenters. The number of ether oxygens (including phenoxy) is 1. The summed E-state index contributed by atoms with van der Waals surface area (Å²) in [4.78, 5) is 10.8. The average molecular weight is 276 g/mol. The average Bonchev–Trinajstić information content (AvgIpc) is 2.42. The Balaban J connectivity index is 3.55. The molecule has 0 heterocycles. The van der Waals surface area contributed by atoms with Crippen LogP contribution in [0.4, 0.5) is 0 Å². The number of carbonyl (C=O) groups excluding carboxylic acids is 1. The van der Waals surface area contributed by atoms with Crippen molar-refractivity contribution in [3.05, 3.63) is 12.7 Å². The van der Waals surface area contributed by atoms with Gasteiger partial charge in [-0.05, 0) is 12.8 Å². The van der Waals surface area contributed by atoms with Crippen molar-refractivity contribution >= 4 is 14.8 Å². The second-order valence-corrected chi connectivity index (χ2v) is 6.92. The molecule has 0 amide bonds. The molecule has 0 radical (unpaired) electrons. The van der Waals surface area contributed by atoms with E-state index in [1.165, 1.54) is 6.08 Å². The maximum atomic E-state index is 10.8. The number of hydrogen-bond acceptors (Lipinski definition) is 5. The first-order chi connectivity index (χ1) is 8.64. The molecule has 0 fully saturated rings. The van der Waals surface area contributed by atoms with Crippen molar-refractivity contribution in [3.8, 4) is 0 Å². The maximum absolute atomic E-state index is 10.8. The molecule has 0 spiro atoms. The second-order valence-electron chi connectivity index (χ2n) is 3.83. The molecule has 106 valence electrons. The van der Waals surface area contributed by atoms with Crippen LogP contribution in [0.1, 0.15) is 25.7 Å².